The highest BCUT2D eigenvalue weighted by Gasteiger charge is 2.43. The quantitative estimate of drug-likeness (QED) is 0.694. The van der Waals surface area contributed by atoms with Crippen LogP contribution in [0.15, 0.2) is 0 Å². The molecular formula is C7H13IO5. The lowest BCUT2D eigenvalue weighted by molar-refractivity contribution is -0.277. The van der Waals surface area contributed by atoms with Gasteiger partial charge in [-0.15, -0.1) is 0 Å². The molecule has 0 aromatic rings. The minimum atomic E-state index is -0.965. The van der Waals surface area contributed by atoms with E-state index in [0.717, 1.165) is 0 Å². The largest absolute Gasteiger partial charge is 0.388 e. The second-order valence-electron chi connectivity index (χ2n) is 2.98. The van der Waals surface area contributed by atoms with Gasteiger partial charge in [-0.1, -0.05) is 0 Å². The molecule has 5 nitrogen and oxygen atoms in total. The van der Waals surface area contributed by atoms with Crippen LogP contribution < -0.4 is 0 Å². The average molecular weight is 304 g/mol. The highest BCUT2D eigenvalue weighted by molar-refractivity contribution is 14.1. The zero-order valence-corrected chi connectivity index (χ0v) is 9.54. The van der Waals surface area contributed by atoms with Gasteiger partial charge in [-0.3, -0.25) is 0 Å². The van der Waals surface area contributed by atoms with Crippen molar-refractivity contribution in [2.24, 2.45) is 0 Å². The Labute approximate surface area is 90.7 Å². The molecule has 78 valence electrons. The molecule has 1 heterocycles. The first-order valence-electron chi connectivity index (χ1n) is 3.93. The molecule has 5 unspecified atom stereocenters. The zero-order chi connectivity index (χ0) is 10.0. The van der Waals surface area contributed by atoms with Crippen molar-refractivity contribution < 1.29 is 22.8 Å². The van der Waals surface area contributed by atoms with Crippen molar-refractivity contribution >= 4 is 23.0 Å². The Bertz CT molecular complexity index is 167. The fraction of sp³-hybridized carbons (Fsp3) is 1.00. The van der Waals surface area contributed by atoms with Gasteiger partial charge in [-0.2, -0.15) is 0 Å². The summed E-state index contributed by atoms with van der Waals surface area (Å²) in [5, 5.41) is 19.1. The van der Waals surface area contributed by atoms with Crippen LogP contribution in [0.1, 0.15) is 6.92 Å². The smallest absolute Gasteiger partial charge is 0.186 e. The molecule has 1 saturated heterocycles. The van der Waals surface area contributed by atoms with Crippen LogP contribution in [-0.2, 0) is 12.5 Å². The van der Waals surface area contributed by atoms with Crippen LogP contribution in [0.3, 0.4) is 0 Å². The van der Waals surface area contributed by atoms with E-state index < -0.39 is 30.7 Å². The summed E-state index contributed by atoms with van der Waals surface area (Å²) in [7, 11) is 1.43. The molecule has 1 rings (SSSR count). The predicted octanol–water partition coefficient (Wildman–Crippen LogP) is -0.165. The van der Waals surface area contributed by atoms with Gasteiger partial charge < -0.3 is 22.8 Å². The summed E-state index contributed by atoms with van der Waals surface area (Å²) in [6.07, 6.45) is -3.62. The fourth-order valence-electron chi connectivity index (χ4n) is 1.30. The van der Waals surface area contributed by atoms with Gasteiger partial charge in [0.2, 0.25) is 0 Å². The third kappa shape index (κ3) is 2.31. The summed E-state index contributed by atoms with van der Waals surface area (Å²) in [5.74, 6) is 0. The number of hydrogen-bond acceptors (Lipinski definition) is 5. The fourth-order valence-corrected chi connectivity index (χ4v) is 1.90. The third-order valence-corrected chi connectivity index (χ3v) is 2.70. The third-order valence-electron chi connectivity index (χ3n) is 2.12. The second kappa shape index (κ2) is 4.85. The molecule has 1 aliphatic heterocycles. The lowest BCUT2D eigenvalue weighted by Gasteiger charge is -2.39. The van der Waals surface area contributed by atoms with Crippen LogP contribution in [-0.4, -0.2) is 48.0 Å². The van der Waals surface area contributed by atoms with Crippen LogP contribution in [0, 0.1) is 0 Å². The average Bonchev–Trinajstić information content (AvgIpc) is 2.12. The molecule has 0 radical (unpaired) electrons. The summed E-state index contributed by atoms with van der Waals surface area (Å²) in [5.41, 5.74) is 0. The molecule has 6 heteroatoms. The summed E-state index contributed by atoms with van der Waals surface area (Å²) in [6, 6.07) is 0. The number of rotatable bonds is 2. The van der Waals surface area contributed by atoms with Crippen molar-refractivity contribution in [1.82, 2.24) is 0 Å². The van der Waals surface area contributed by atoms with E-state index in [1.807, 2.05) is 0 Å². The molecule has 1 fully saturated rings. The molecular weight excluding hydrogens is 291 g/mol. The normalized spacial score (nSPS) is 46.4. The number of hydrogen-bond donors (Lipinski definition) is 2. The van der Waals surface area contributed by atoms with E-state index in [0.29, 0.717) is 0 Å². The summed E-state index contributed by atoms with van der Waals surface area (Å²) in [6.45, 7) is 1.70. The van der Waals surface area contributed by atoms with Gasteiger partial charge in [0.25, 0.3) is 0 Å². The minimum absolute atomic E-state index is 0.409. The van der Waals surface area contributed by atoms with Crippen molar-refractivity contribution in [3.63, 3.8) is 0 Å². The molecule has 1 aliphatic rings. The second-order valence-corrected chi connectivity index (χ2v) is 3.49. The Morgan fingerprint density at radius 3 is 2.38 bits per heavy atom. The molecule has 2 N–H and O–H groups in total. The molecule has 0 bridgehead atoms. The van der Waals surface area contributed by atoms with Crippen molar-refractivity contribution in [1.29, 1.82) is 0 Å². The number of aliphatic hydroxyl groups excluding tert-OH is 2. The number of methoxy groups -OCH3 is 1. The van der Waals surface area contributed by atoms with Crippen molar-refractivity contribution in [2.45, 2.75) is 37.6 Å². The lowest BCUT2D eigenvalue weighted by atomic mass is 10.0. The van der Waals surface area contributed by atoms with Crippen molar-refractivity contribution in [2.75, 3.05) is 7.11 Å². The molecule has 0 amide bonds. The van der Waals surface area contributed by atoms with E-state index in [1.165, 1.54) is 7.11 Å². The summed E-state index contributed by atoms with van der Waals surface area (Å²) in [4.78, 5) is 0. The van der Waals surface area contributed by atoms with Gasteiger partial charge in [-0.05, 0) is 6.92 Å². The lowest BCUT2D eigenvalue weighted by Crippen LogP contribution is -2.57. The van der Waals surface area contributed by atoms with Gasteiger partial charge >= 0.3 is 0 Å². The molecule has 0 aromatic heterocycles. The van der Waals surface area contributed by atoms with Crippen LogP contribution in [0.5, 0.6) is 0 Å². The van der Waals surface area contributed by atoms with E-state index in [-0.39, 0.29) is 0 Å². The first-order chi connectivity index (χ1) is 6.11. The number of ether oxygens (including phenoxy) is 2. The maximum atomic E-state index is 9.58. The maximum absolute atomic E-state index is 9.58. The summed E-state index contributed by atoms with van der Waals surface area (Å²) >= 11 is 1.64. The first-order valence-corrected chi connectivity index (χ1v) is 4.81. The van der Waals surface area contributed by atoms with E-state index in [2.05, 4.69) is 0 Å². The molecule has 13 heavy (non-hydrogen) atoms. The predicted molar refractivity (Wildman–Crippen MR) is 52.3 cm³/mol. The van der Waals surface area contributed by atoms with Gasteiger partial charge in [0, 0.05) is 7.11 Å². The van der Waals surface area contributed by atoms with E-state index >= 15 is 0 Å². The molecule has 5 atom stereocenters. The van der Waals surface area contributed by atoms with Gasteiger partial charge in [0.05, 0.1) is 6.10 Å². The van der Waals surface area contributed by atoms with E-state index in [4.69, 9.17) is 12.5 Å². The Hall–Kier alpha value is 0.530. The molecule has 0 spiro atoms. The minimum Gasteiger partial charge on any atom is -0.388 e. The van der Waals surface area contributed by atoms with Crippen molar-refractivity contribution in [3.8, 4) is 0 Å². The Balaban J connectivity index is 2.69. The van der Waals surface area contributed by atoms with Crippen LogP contribution in [0.4, 0.5) is 0 Å². The first kappa shape index (κ1) is 11.6. The van der Waals surface area contributed by atoms with Gasteiger partial charge in [0.1, 0.15) is 41.3 Å². The number of halogens is 1. The van der Waals surface area contributed by atoms with Crippen LogP contribution in [0.25, 0.3) is 0 Å². The maximum Gasteiger partial charge on any atom is 0.186 e. The highest BCUT2D eigenvalue weighted by atomic mass is 127. The highest BCUT2D eigenvalue weighted by Crippen LogP contribution is 2.24. The Kier molecular flexibility index (Phi) is 4.33. The standard InChI is InChI=1S/C7H13IO5/c1-3-4(9)6(13-8)5(10)7(11-2)12-3/h3-7,9-10H,1-2H3. The van der Waals surface area contributed by atoms with Crippen LogP contribution in [0.2, 0.25) is 0 Å². The Morgan fingerprint density at radius 2 is 1.92 bits per heavy atom. The monoisotopic (exact) mass is 304 g/mol. The van der Waals surface area contributed by atoms with E-state index in [1.54, 1.807) is 29.9 Å². The zero-order valence-electron chi connectivity index (χ0n) is 7.38. The molecule has 0 saturated carbocycles. The Morgan fingerprint density at radius 1 is 1.31 bits per heavy atom. The summed E-state index contributed by atoms with van der Waals surface area (Å²) < 4.78 is 15.0. The molecule has 0 aliphatic carbocycles. The number of aliphatic hydroxyl groups is 2. The van der Waals surface area contributed by atoms with Gasteiger partial charge in [0.15, 0.2) is 6.29 Å². The van der Waals surface area contributed by atoms with Crippen LogP contribution >= 0.6 is 23.0 Å². The molecule has 0 aromatic carbocycles. The van der Waals surface area contributed by atoms with E-state index in [9.17, 15) is 10.2 Å². The topological polar surface area (TPSA) is 68.2 Å². The van der Waals surface area contributed by atoms with Gasteiger partial charge in [-0.25, -0.2) is 0 Å². The SMILES string of the molecule is COC1OC(C)C(O)C(OI)C1O. The van der Waals surface area contributed by atoms with Crippen molar-refractivity contribution in [3.05, 3.63) is 0 Å².